The first-order chi connectivity index (χ1) is 13.6. The van der Waals surface area contributed by atoms with Crippen LogP contribution in [0.3, 0.4) is 0 Å². The molecule has 1 aliphatic rings. The van der Waals surface area contributed by atoms with Gasteiger partial charge in [0.15, 0.2) is 11.5 Å². The van der Waals surface area contributed by atoms with Crippen molar-refractivity contribution in [3.05, 3.63) is 59.7 Å². The standard InChI is InChI=1S/C22H24N2O4/c1-3-28-19-11-7-15(13-20(19)27-2)8-12-21(25)23-18-6-4-5-16(14-18)22(26)24-17-9-10-17/h4-8,11-14,17H,3,9-10H2,1-2H3,(H,23,25)(H,24,26)/b12-8+. The Morgan fingerprint density at radius 1 is 1.14 bits per heavy atom. The molecule has 0 radical (unpaired) electrons. The van der Waals surface area contributed by atoms with Crippen molar-refractivity contribution in [2.75, 3.05) is 19.0 Å². The Morgan fingerprint density at radius 3 is 2.68 bits per heavy atom. The maximum atomic E-state index is 12.2. The number of hydrogen-bond acceptors (Lipinski definition) is 4. The second kappa shape index (κ2) is 9.08. The average molecular weight is 380 g/mol. The fourth-order valence-corrected chi connectivity index (χ4v) is 2.65. The molecule has 0 atom stereocenters. The number of ether oxygens (including phenoxy) is 2. The summed E-state index contributed by atoms with van der Waals surface area (Å²) in [7, 11) is 1.57. The van der Waals surface area contributed by atoms with Gasteiger partial charge in [0.05, 0.1) is 13.7 Å². The molecule has 1 aliphatic carbocycles. The second-order valence-electron chi connectivity index (χ2n) is 6.49. The SMILES string of the molecule is CCOc1ccc(/C=C/C(=O)Nc2cccc(C(=O)NC3CC3)c2)cc1OC. The predicted octanol–water partition coefficient (Wildman–Crippen LogP) is 3.64. The van der Waals surface area contributed by atoms with Crippen LogP contribution in [0.4, 0.5) is 5.69 Å². The number of carbonyl (C=O) groups is 2. The maximum Gasteiger partial charge on any atom is 0.251 e. The molecule has 6 nitrogen and oxygen atoms in total. The Bertz CT molecular complexity index is 888. The third kappa shape index (κ3) is 5.36. The number of benzene rings is 2. The first-order valence-corrected chi connectivity index (χ1v) is 9.30. The van der Waals surface area contributed by atoms with Crippen LogP contribution in [0.5, 0.6) is 11.5 Å². The van der Waals surface area contributed by atoms with Gasteiger partial charge in [0.25, 0.3) is 5.91 Å². The van der Waals surface area contributed by atoms with E-state index in [1.165, 1.54) is 6.08 Å². The normalized spacial score (nSPS) is 13.2. The van der Waals surface area contributed by atoms with Gasteiger partial charge in [-0.25, -0.2) is 0 Å². The van der Waals surface area contributed by atoms with Crippen LogP contribution in [0.15, 0.2) is 48.5 Å². The summed E-state index contributed by atoms with van der Waals surface area (Å²) in [6.45, 7) is 2.45. The highest BCUT2D eigenvalue weighted by Crippen LogP contribution is 2.28. The number of nitrogens with one attached hydrogen (secondary N) is 2. The van der Waals surface area contributed by atoms with E-state index in [0.717, 1.165) is 18.4 Å². The van der Waals surface area contributed by atoms with Crippen molar-refractivity contribution in [3.63, 3.8) is 0 Å². The molecule has 2 N–H and O–H groups in total. The number of carbonyl (C=O) groups excluding carboxylic acids is 2. The largest absolute Gasteiger partial charge is 0.493 e. The van der Waals surface area contributed by atoms with E-state index in [2.05, 4.69) is 10.6 Å². The summed E-state index contributed by atoms with van der Waals surface area (Å²) in [5.41, 5.74) is 1.92. The van der Waals surface area contributed by atoms with Gasteiger partial charge >= 0.3 is 0 Å². The Labute approximate surface area is 164 Å². The lowest BCUT2D eigenvalue weighted by atomic mass is 10.1. The minimum Gasteiger partial charge on any atom is -0.493 e. The third-order valence-electron chi connectivity index (χ3n) is 4.22. The minimum atomic E-state index is -0.285. The zero-order chi connectivity index (χ0) is 19.9. The number of hydrogen-bond donors (Lipinski definition) is 2. The summed E-state index contributed by atoms with van der Waals surface area (Å²) in [4.78, 5) is 24.3. The topological polar surface area (TPSA) is 76.7 Å². The van der Waals surface area contributed by atoms with Crippen LogP contribution < -0.4 is 20.1 Å². The molecular formula is C22H24N2O4. The summed E-state index contributed by atoms with van der Waals surface area (Å²) in [5.74, 6) is 0.870. The molecule has 3 rings (SSSR count). The van der Waals surface area contributed by atoms with Gasteiger partial charge in [-0.05, 0) is 61.7 Å². The molecule has 0 spiro atoms. The van der Waals surface area contributed by atoms with Crippen LogP contribution in [0.2, 0.25) is 0 Å². The summed E-state index contributed by atoms with van der Waals surface area (Å²) in [6, 6.07) is 12.6. The van der Waals surface area contributed by atoms with Gasteiger partial charge in [0.1, 0.15) is 0 Å². The Kier molecular flexibility index (Phi) is 6.32. The minimum absolute atomic E-state index is 0.115. The lowest BCUT2D eigenvalue weighted by Crippen LogP contribution is -2.25. The molecule has 0 unspecified atom stereocenters. The van der Waals surface area contributed by atoms with Gasteiger partial charge in [-0.2, -0.15) is 0 Å². The summed E-state index contributed by atoms with van der Waals surface area (Å²) in [6.07, 6.45) is 5.19. The Hall–Kier alpha value is -3.28. The van der Waals surface area contributed by atoms with Crippen molar-refractivity contribution < 1.29 is 19.1 Å². The molecule has 0 saturated heterocycles. The van der Waals surface area contributed by atoms with E-state index in [-0.39, 0.29) is 11.8 Å². The molecule has 0 heterocycles. The molecule has 0 aliphatic heterocycles. The van der Waals surface area contributed by atoms with Crippen molar-refractivity contribution in [2.45, 2.75) is 25.8 Å². The predicted molar refractivity (Wildman–Crippen MR) is 109 cm³/mol. The Balaban J connectivity index is 1.62. The lowest BCUT2D eigenvalue weighted by molar-refractivity contribution is -0.111. The van der Waals surface area contributed by atoms with E-state index in [9.17, 15) is 9.59 Å². The Morgan fingerprint density at radius 2 is 1.96 bits per heavy atom. The quantitative estimate of drug-likeness (QED) is 0.686. The van der Waals surface area contributed by atoms with Crippen LogP contribution in [0.25, 0.3) is 6.08 Å². The molecule has 2 aromatic rings. The zero-order valence-corrected chi connectivity index (χ0v) is 16.0. The van der Waals surface area contributed by atoms with Crippen molar-refractivity contribution in [1.82, 2.24) is 5.32 Å². The highest BCUT2D eigenvalue weighted by molar-refractivity contribution is 6.03. The summed E-state index contributed by atoms with van der Waals surface area (Å²) in [5, 5.41) is 5.71. The van der Waals surface area contributed by atoms with Gasteiger partial charge in [0.2, 0.25) is 5.91 Å². The van der Waals surface area contributed by atoms with Gasteiger partial charge in [-0.1, -0.05) is 12.1 Å². The molecule has 0 bridgehead atoms. The van der Waals surface area contributed by atoms with Gasteiger partial charge < -0.3 is 20.1 Å². The molecule has 6 heteroatoms. The highest BCUT2D eigenvalue weighted by Gasteiger charge is 2.23. The van der Waals surface area contributed by atoms with Gasteiger partial charge in [-0.3, -0.25) is 9.59 Å². The fraction of sp³-hybridized carbons (Fsp3) is 0.273. The smallest absolute Gasteiger partial charge is 0.251 e. The van der Waals surface area contributed by atoms with E-state index in [1.807, 2.05) is 19.1 Å². The van der Waals surface area contributed by atoms with Crippen LogP contribution in [-0.4, -0.2) is 31.6 Å². The van der Waals surface area contributed by atoms with E-state index < -0.39 is 0 Å². The third-order valence-corrected chi connectivity index (χ3v) is 4.22. The number of methoxy groups -OCH3 is 1. The molecule has 1 fully saturated rings. The maximum absolute atomic E-state index is 12.2. The molecule has 1 saturated carbocycles. The van der Waals surface area contributed by atoms with E-state index in [0.29, 0.717) is 35.4 Å². The van der Waals surface area contributed by atoms with Crippen LogP contribution >= 0.6 is 0 Å². The highest BCUT2D eigenvalue weighted by atomic mass is 16.5. The van der Waals surface area contributed by atoms with Crippen molar-refractivity contribution >= 4 is 23.6 Å². The first-order valence-electron chi connectivity index (χ1n) is 9.30. The molecular weight excluding hydrogens is 356 g/mol. The molecule has 146 valence electrons. The van der Waals surface area contributed by atoms with Crippen LogP contribution in [-0.2, 0) is 4.79 Å². The fourth-order valence-electron chi connectivity index (χ4n) is 2.65. The lowest BCUT2D eigenvalue weighted by Gasteiger charge is -2.09. The van der Waals surface area contributed by atoms with Crippen molar-refractivity contribution in [3.8, 4) is 11.5 Å². The van der Waals surface area contributed by atoms with Gasteiger partial charge in [0, 0.05) is 23.4 Å². The molecule has 2 aromatic carbocycles. The van der Waals surface area contributed by atoms with Crippen LogP contribution in [0.1, 0.15) is 35.7 Å². The monoisotopic (exact) mass is 380 g/mol. The van der Waals surface area contributed by atoms with E-state index in [1.54, 1.807) is 43.5 Å². The average Bonchev–Trinajstić information content (AvgIpc) is 3.51. The zero-order valence-electron chi connectivity index (χ0n) is 16.0. The van der Waals surface area contributed by atoms with Crippen molar-refractivity contribution in [1.29, 1.82) is 0 Å². The molecule has 28 heavy (non-hydrogen) atoms. The first kappa shape index (κ1) is 19.5. The number of anilines is 1. The molecule has 0 aromatic heterocycles. The van der Waals surface area contributed by atoms with Crippen LogP contribution in [0, 0.1) is 0 Å². The number of amides is 2. The van der Waals surface area contributed by atoms with Crippen molar-refractivity contribution in [2.24, 2.45) is 0 Å². The van der Waals surface area contributed by atoms with Gasteiger partial charge in [-0.15, -0.1) is 0 Å². The summed E-state index contributed by atoms with van der Waals surface area (Å²) >= 11 is 0. The molecule has 2 amide bonds. The van der Waals surface area contributed by atoms with E-state index >= 15 is 0 Å². The number of rotatable bonds is 8. The van der Waals surface area contributed by atoms with E-state index in [4.69, 9.17) is 9.47 Å². The summed E-state index contributed by atoms with van der Waals surface area (Å²) < 4.78 is 10.8. The second-order valence-corrected chi connectivity index (χ2v) is 6.49.